The van der Waals surface area contributed by atoms with Gasteiger partial charge in [0, 0.05) is 30.7 Å². The molecular weight excluding hydrogens is 382 g/mol. The number of nitrogens with zero attached hydrogens (tertiary/aromatic N) is 2. The van der Waals surface area contributed by atoms with Crippen LogP contribution in [0.3, 0.4) is 0 Å². The molecule has 0 aliphatic rings. The Labute approximate surface area is 170 Å². The van der Waals surface area contributed by atoms with Crippen molar-refractivity contribution in [3.05, 3.63) is 103 Å². The predicted molar refractivity (Wildman–Crippen MR) is 113 cm³/mol. The Balaban J connectivity index is 1.53. The molecule has 0 saturated carbocycles. The lowest BCUT2D eigenvalue weighted by molar-refractivity contribution is 0.581. The van der Waals surface area contributed by atoms with Crippen molar-refractivity contribution in [2.45, 2.75) is 11.4 Å². The van der Waals surface area contributed by atoms with Gasteiger partial charge in [0.05, 0.1) is 10.6 Å². The number of benzene rings is 2. The first-order valence-electron chi connectivity index (χ1n) is 9.12. The quantitative estimate of drug-likeness (QED) is 0.523. The van der Waals surface area contributed by atoms with Gasteiger partial charge in [0.2, 0.25) is 10.0 Å². The Morgan fingerprint density at radius 1 is 0.759 bits per heavy atom. The van der Waals surface area contributed by atoms with E-state index in [9.17, 15) is 8.42 Å². The summed E-state index contributed by atoms with van der Waals surface area (Å²) in [5.74, 6) is 0. The van der Waals surface area contributed by atoms with Crippen LogP contribution >= 0.6 is 0 Å². The lowest BCUT2D eigenvalue weighted by Crippen LogP contribution is -2.23. The van der Waals surface area contributed by atoms with Gasteiger partial charge in [0.25, 0.3) is 0 Å². The maximum atomic E-state index is 12.8. The second kappa shape index (κ2) is 8.34. The maximum Gasteiger partial charge on any atom is 0.240 e. The number of rotatable bonds is 6. The highest BCUT2D eigenvalue weighted by molar-refractivity contribution is 7.89. The highest BCUT2D eigenvalue weighted by Gasteiger charge is 2.15. The molecule has 2 aromatic heterocycles. The third kappa shape index (κ3) is 4.56. The van der Waals surface area contributed by atoms with Gasteiger partial charge in [0.15, 0.2) is 0 Å². The van der Waals surface area contributed by atoms with Crippen LogP contribution in [-0.4, -0.2) is 18.4 Å². The van der Waals surface area contributed by atoms with Crippen LogP contribution in [0.15, 0.2) is 102 Å². The molecule has 4 aromatic rings. The van der Waals surface area contributed by atoms with Crippen LogP contribution in [0, 0.1) is 0 Å². The van der Waals surface area contributed by atoms with Crippen LogP contribution in [-0.2, 0) is 16.6 Å². The molecule has 0 aliphatic heterocycles. The molecule has 1 N–H and O–H groups in total. The first kappa shape index (κ1) is 19.0. The summed E-state index contributed by atoms with van der Waals surface area (Å²) >= 11 is 0. The zero-order valence-electron chi connectivity index (χ0n) is 15.6. The number of hydrogen-bond donors (Lipinski definition) is 1. The molecule has 0 atom stereocenters. The summed E-state index contributed by atoms with van der Waals surface area (Å²) in [4.78, 5) is 8.67. The van der Waals surface area contributed by atoms with Crippen LogP contribution in [0.2, 0.25) is 0 Å². The van der Waals surface area contributed by atoms with E-state index in [2.05, 4.69) is 14.7 Å². The van der Waals surface area contributed by atoms with Crippen LogP contribution in [0.5, 0.6) is 0 Å². The minimum atomic E-state index is -3.65. The van der Waals surface area contributed by atoms with E-state index in [1.54, 1.807) is 42.9 Å². The molecule has 0 aliphatic carbocycles. The van der Waals surface area contributed by atoms with Crippen molar-refractivity contribution in [1.82, 2.24) is 14.7 Å². The molecule has 29 heavy (non-hydrogen) atoms. The van der Waals surface area contributed by atoms with Crippen LogP contribution in [0.4, 0.5) is 0 Å². The van der Waals surface area contributed by atoms with E-state index >= 15 is 0 Å². The number of sulfonamides is 1. The van der Waals surface area contributed by atoms with Crippen molar-refractivity contribution in [2.75, 3.05) is 0 Å². The fourth-order valence-electron chi connectivity index (χ4n) is 2.99. The van der Waals surface area contributed by atoms with E-state index < -0.39 is 10.0 Å². The Bertz CT molecular complexity index is 1210. The molecule has 0 radical (unpaired) electrons. The van der Waals surface area contributed by atoms with E-state index in [0.29, 0.717) is 0 Å². The van der Waals surface area contributed by atoms with E-state index in [1.165, 1.54) is 0 Å². The van der Waals surface area contributed by atoms with E-state index in [1.807, 2.05) is 54.6 Å². The van der Waals surface area contributed by atoms with Gasteiger partial charge in [0.1, 0.15) is 0 Å². The van der Waals surface area contributed by atoms with E-state index in [0.717, 1.165) is 27.9 Å². The Kier molecular flexibility index (Phi) is 5.46. The van der Waals surface area contributed by atoms with Gasteiger partial charge in [-0.05, 0) is 53.1 Å². The third-order valence-corrected chi connectivity index (χ3v) is 5.90. The highest BCUT2D eigenvalue weighted by atomic mass is 32.2. The summed E-state index contributed by atoms with van der Waals surface area (Å²) in [5.41, 5.74) is 4.28. The predicted octanol–water partition coefficient (Wildman–Crippen LogP) is 4.29. The van der Waals surface area contributed by atoms with Crippen LogP contribution in [0.1, 0.15) is 5.56 Å². The molecular formula is C23H19N3O2S. The molecule has 0 bridgehead atoms. The van der Waals surface area contributed by atoms with Crippen LogP contribution < -0.4 is 4.72 Å². The fraction of sp³-hybridized carbons (Fsp3) is 0.0435. The monoisotopic (exact) mass is 401 g/mol. The van der Waals surface area contributed by atoms with Gasteiger partial charge in [-0.3, -0.25) is 9.97 Å². The average Bonchev–Trinajstić information content (AvgIpc) is 2.79. The first-order chi connectivity index (χ1) is 14.1. The standard InChI is InChI=1S/C23H19N3O2S/c27-29(28,22-10-4-8-20(15-22)19-6-2-1-3-7-19)26-16-18-11-13-25-23(14-18)21-9-5-12-24-17-21/h1-15,17,26H,16H2. The van der Waals surface area contributed by atoms with Crippen molar-refractivity contribution in [3.63, 3.8) is 0 Å². The SMILES string of the molecule is O=S(=O)(NCc1ccnc(-c2cccnc2)c1)c1cccc(-c2ccccc2)c1. The lowest BCUT2D eigenvalue weighted by atomic mass is 10.1. The molecule has 0 amide bonds. The minimum absolute atomic E-state index is 0.174. The number of aromatic nitrogens is 2. The molecule has 0 fully saturated rings. The largest absolute Gasteiger partial charge is 0.264 e. The smallest absolute Gasteiger partial charge is 0.240 e. The molecule has 5 nitrogen and oxygen atoms in total. The molecule has 0 spiro atoms. The summed E-state index contributed by atoms with van der Waals surface area (Å²) in [6.07, 6.45) is 5.10. The molecule has 0 unspecified atom stereocenters. The van der Waals surface area contributed by atoms with Gasteiger partial charge in [-0.2, -0.15) is 0 Å². The number of hydrogen-bond acceptors (Lipinski definition) is 4. The highest BCUT2D eigenvalue weighted by Crippen LogP contribution is 2.22. The van der Waals surface area contributed by atoms with Gasteiger partial charge < -0.3 is 0 Å². The molecule has 144 valence electrons. The van der Waals surface area contributed by atoms with Crippen molar-refractivity contribution >= 4 is 10.0 Å². The zero-order valence-corrected chi connectivity index (χ0v) is 16.4. The second-order valence-corrected chi connectivity index (χ2v) is 8.28. The first-order valence-corrected chi connectivity index (χ1v) is 10.6. The Morgan fingerprint density at radius 3 is 2.34 bits per heavy atom. The molecule has 2 aromatic carbocycles. The van der Waals surface area contributed by atoms with Crippen molar-refractivity contribution < 1.29 is 8.42 Å². The number of nitrogens with one attached hydrogen (secondary N) is 1. The summed E-state index contributed by atoms with van der Waals surface area (Å²) < 4.78 is 28.3. The molecule has 2 heterocycles. The zero-order chi connectivity index (χ0) is 20.1. The Morgan fingerprint density at radius 2 is 1.55 bits per heavy atom. The van der Waals surface area contributed by atoms with E-state index in [-0.39, 0.29) is 11.4 Å². The normalized spacial score (nSPS) is 11.3. The molecule has 0 saturated heterocycles. The van der Waals surface area contributed by atoms with Gasteiger partial charge in [-0.15, -0.1) is 0 Å². The summed E-state index contributed by atoms with van der Waals surface area (Å²) in [7, 11) is -3.65. The summed E-state index contributed by atoms with van der Waals surface area (Å²) in [5, 5.41) is 0. The van der Waals surface area contributed by atoms with Gasteiger partial charge in [-0.1, -0.05) is 42.5 Å². The lowest BCUT2D eigenvalue weighted by Gasteiger charge is -2.10. The van der Waals surface area contributed by atoms with Gasteiger partial charge >= 0.3 is 0 Å². The van der Waals surface area contributed by atoms with Crippen molar-refractivity contribution in [3.8, 4) is 22.4 Å². The third-order valence-electron chi connectivity index (χ3n) is 4.50. The Hall–Kier alpha value is -3.35. The topological polar surface area (TPSA) is 72.0 Å². The van der Waals surface area contributed by atoms with Gasteiger partial charge in [-0.25, -0.2) is 13.1 Å². The van der Waals surface area contributed by atoms with E-state index in [4.69, 9.17) is 0 Å². The molecule has 6 heteroatoms. The number of pyridine rings is 2. The summed E-state index contributed by atoms with van der Waals surface area (Å²) in [6, 6.07) is 24.0. The maximum absolute atomic E-state index is 12.8. The van der Waals surface area contributed by atoms with Crippen molar-refractivity contribution in [1.29, 1.82) is 0 Å². The second-order valence-electron chi connectivity index (χ2n) is 6.51. The fourth-order valence-corrected chi connectivity index (χ4v) is 4.05. The minimum Gasteiger partial charge on any atom is -0.264 e. The average molecular weight is 401 g/mol. The summed E-state index contributed by atoms with van der Waals surface area (Å²) in [6.45, 7) is 0.174. The van der Waals surface area contributed by atoms with Crippen LogP contribution in [0.25, 0.3) is 22.4 Å². The molecule has 4 rings (SSSR count). The van der Waals surface area contributed by atoms with Crippen molar-refractivity contribution in [2.24, 2.45) is 0 Å².